The molecule has 0 saturated carbocycles. The van der Waals surface area contributed by atoms with Gasteiger partial charge in [-0.2, -0.15) is 0 Å². The van der Waals surface area contributed by atoms with Crippen LogP contribution >= 0.6 is 12.2 Å². The van der Waals surface area contributed by atoms with Gasteiger partial charge in [0.25, 0.3) is 0 Å². The average Bonchev–Trinajstić information content (AvgIpc) is 2.33. The predicted molar refractivity (Wildman–Crippen MR) is 88.4 cm³/mol. The zero-order chi connectivity index (χ0) is 15.1. The van der Waals surface area contributed by atoms with Gasteiger partial charge < -0.3 is 10.5 Å². The van der Waals surface area contributed by atoms with Crippen LogP contribution in [-0.2, 0) is 0 Å². The summed E-state index contributed by atoms with van der Waals surface area (Å²) in [6, 6.07) is 1.98. The Hall–Kier alpha value is -1.16. The van der Waals surface area contributed by atoms with Gasteiger partial charge in [-0.05, 0) is 45.2 Å². The van der Waals surface area contributed by atoms with Gasteiger partial charge in [-0.3, -0.25) is 0 Å². The third-order valence-electron chi connectivity index (χ3n) is 3.33. The lowest BCUT2D eigenvalue weighted by Crippen LogP contribution is -2.19. The maximum Gasteiger partial charge on any atom is 0.224 e. The standard InChI is InChI=1S/C16H26N2OS/c1-5-6-7-8-9-13(4)19-16-14(15(17)20)11(2)10-12(3)18-16/h10,13H,5-9H2,1-4H3,(H2,17,20). The van der Waals surface area contributed by atoms with E-state index in [9.17, 15) is 0 Å². The fourth-order valence-electron chi connectivity index (χ4n) is 2.30. The van der Waals surface area contributed by atoms with Crippen molar-refractivity contribution in [2.45, 2.75) is 65.9 Å². The van der Waals surface area contributed by atoms with E-state index in [2.05, 4.69) is 18.8 Å². The minimum atomic E-state index is 0.133. The van der Waals surface area contributed by atoms with E-state index in [0.717, 1.165) is 23.2 Å². The molecular weight excluding hydrogens is 268 g/mol. The molecule has 112 valence electrons. The fraction of sp³-hybridized carbons (Fsp3) is 0.625. The van der Waals surface area contributed by atoms with E-state index in [4.69, 9.17) is 22.7 Å². The Morgan fingerprint density at radius 2 is 2.05 bits per heavy atom. The first-order valence-corrected chi connectivity index (χ1v) is 7.81. The number of pyridine rings is 1. The second-order valence-corrected chi connectivity index (χ2v) is 5.84. The highest BCUT2D eigenvalue weighted by Gasteiger charge is 2.15. The smallest absolute Gasteiger partial charge is 0.224 e. The number of aromatic nitrogens is 1. The first-order valence-electron chi connectivity index (χ1n) is 7.40. The molecule has 1 rings (SSSR count). The van der Waals surface area contributed by atoms with Crippen LogP contribution in [0.1, 0.15) is 62.8 Å². The van der Waals surface area contributed by atoms with Gasteiger partial charge in [-0.1, -0.05) is 38.4 Å². The highest BCUT2D eigenvalue weighted by molar-refractivity contribution is 7.80. The maximum atomic E-state index is 5.97. The van der Waals surface area contributed by atoms with E-state index >= 15 is 0 Å². The van der Waals surface area contributed by atoms with Gasteiger partial charge in [0.2, 0.25) is 5.88 Å². The second kappa shape index (κ2) is 8.20. The highest BCUT2D eigenvalue weighted by atomic mass is 32.1. The van der Waals surface area contributed by atoms with Crippen molar-refractivity contribution >= 4 is 17.2 Å². The topological polar surface area (TPSA) is 48.1 Å². The summed E-state index contributed by atoms with van der Waals surface area (Å²) in [5, 5.41) is 0. The molecule has 0 amide bonds. The number of aryl methyl sites for hydroxylation is 2. The SMILES string of the molecule is CCCCCCC(C)Oc1nc(C)cc(C)c1C(N)=S. The van der Waals surface area contributed by atoms with Crippen LogP contribution in [0.15, 0.2) is 6.07 Å². The molecule has 0 aliphatic heterocycles. The van der Waals surface area contributed by atoms with E-state index in [0.29, 0.717) is 10.9 Å². The summed E-state index contributed by atoms with van der Waals surface area (Å²) < 4.78 is 5.97. The molecule has 0 aromatic carbocycles. The lowest BCUT2D eigenvalue weighted by Gasteiger charge is -2.18. The van der Waals surface area contributed by atoms with Crippen LogP contribution in [0, 0.1) is 13.8 Å². The normalized spacial score (nSPS) is 12.2. The molecule has 0 saturated heterocycles. The molecule has 4 heteroatoms. The lowest BCUT2D eigenvalue weighted by atomic mass is 10.1. The summed E-state index contributed by atoms with van der Waals surface area (Å²) in [5.74, 6) is 0.581. The molecule has 0 radical (unpaired) electrons. The Balaban J connectivity index is 2.73. The molecule has 2 N–H and O–H groups in total. The largest absolute Gasteiger partial charge is 0.474 e. The summed E-state index contributed by atoms with van der Waals surface area (Å²) in [5.41, 5.74) is 8.51. The molecule has 1 unspecified atom stereocenters. The number of thiocarbonyl (C=S) groups is 1. The van der Waals surface area contributed by atoms with Gasteiger partial charge in [0.1, 0.15) is 4.99 Å². The third kappa shape index (κ3) is 5.08. The first kappa shape index (κ1) is 16.9. The molecule has 1 atom stereocenters. The Bertz CT molecular complexity index is 460. The summed E-state index contributed by atoms with van der Waals surface area (Å²) >= 11 is 5.11. The van der Waals surface area contributed by atoms with Crippen molar-refractivity contribution in [2.24, 2.45) is 5.73 Å². The lowest BCUT2D eigenvalue weighted by molar-refractivity contribution is 0.197. The van der Waals surface area contributed by atoms with Crippen LogP contribution in [-0.4, -0.2) is 16.1 Å². The molecule has 1 aromatic heterocycles. The zero-order valence-electron chi connectivity index (χ0n) is 13.0. The van der Waals surface area contributed by atoms with Crippen molar-refractivity contribution in [2.75, 3.05) is 0 Å². The fourth-order valence-corrected chi connectivity index (χ4v) is 2.54. The van der Waals surface area contributed by atoms with Crippen molar-refractivity contribution in [3.63, 3.8) is 0 Å². The Kier molecular flexibility index (Phi) is 6.93. The number of rotatable bonds is 8. The van der Waals surface area contributed by atoms with Crippen LogP contribution in [0.3, 0.4) is 0 Å². The maximum absolute atomic E-state index is 5.97. The number of hydrogen-bond acceptors (Lipinski definition) is 3. The molecule has 0 aliphatic carbocycles. The van der Waals surface area contributed by atoms with E-state index in [1.54, 1.807) is 0 Å². The van der Waals surface area contributed by atoms with Gasteiger partial charge >= 0.3 is 0 Å². The molecule has 20 heavy (non-hydrogen) atoms. The van der Waals surface area contributed by atoms with E-state index in [1.807, 2.05) is 19.9 Å². The van der Waals surface area contributed by atoms with Crippen LogP contribution in [0.2, 0.25) is 0 Å². The monoisotopic (exact) mass is 294 g/mol. The molecule has 0 fully saturated rings. The van der Waals surface area contributed by atoms with Crippen molar-refractivity contribution in [3.05, 3.63) is 22.9 Å². The minimum Gasteiger partial charge on any atom is -0.474 e. The molecule has 0 spiro atoms. The van der Waals surface area contributed by atoms with Crippen LogP contribution in [0.5, 0.6) is 5.88 Å². The summed E-state index contributed by atoms with van der Waals surface area (Å²) in [7, 11) is 0. The molecule has 1 heterocycles. The average molecular weight is 294 g/mol. The van der Waals surface area contributed by atoms with E-state index in [1.165, 1.54) is 25.7 Å². The number of unbranched alkanes of at least 4 members (excludes halogenated alkanes) is 3. The Labute approximate surface area is 127 Å². The summed E-state index contributed by atoms with van der Waals surface area (Å²) in [4.78, 5) is 4.80. The Morgan fingerprint density at radius 3 is 2.65 bits per heavy atom. The van der Waals surface area contributed by atoms with Gasteiger partial charge in [0, 0.05) is 5.69 Å². The second-order valence-electron chi connectivity index (χ2n) is 5.40. The van der Waals surface area contributed by atoms with Crippen molar-refractivity contribution in [3.8, 4) is 5.88 Å². The Morgan fingerprint density at radius 1 is 1.35 bits per heavy atom. The molecule has 1 aromatic rings. The van der Waals surface area contributed by atoms with Crippen LogP contribution in [0.4, 0.5) is 0 Å². The highest BCUT2D eigenvalue weighted by Crippen LogP contribution is 2.23. The van der Waals surface area contributed by atoms with E-state index < -0.39 is 0 Å². The van der Waals surface area contributed by atoms with Gasteiger partial charge in [-0.15, -0.1) is 0 Å². The minimum absolute atomic E-state index is 0.133. The van der Waals surface area contributed by atoms with Crippen molar-refractivity contribution < 1.29 is 4.74 Å². The predicted octanol–water partition coefficient (Wildman–Crippen LogP) is 4.07. The van der Waals surface area contributed by atoms with Crippen molar-refractivity contribution in [1.82, 2.24) is 4.98 Å². The van der Waals surface area contributed by atoms with E-state index in [-0.39, 0.29) is 6.10 Å². The van der Waals surface area contributed by atoms with Gasteiger partial charge in [-0.25, -0.2) is 4.98 Å². The number of ether oxygens (including phenoxy) is 1. The number of nitrogens with zero attached hydrogens (tertiary/aromatic N) is 1. The zero-order valence-corrected chi connectivity index (χ0v) is 13.8. The quantitative estimate of drug-likeness (QED) is 0.580. The van der Waals surface area contributed by atoms with Crippen LogP contribution in [0.25, 0.3) is 0 Å². The summed E-state index contributed by atoms with van der Waals surface area (Å²) in [6.07, 6.45) is 6.14. The van der Waals surface area contributed by atoms with Gasteiger partial charge in [0.05, 0.1) is 11.7 Å². The van der Waals surface area contributed by atoms with Gasteiger partial charge in [0.15, 0.2) is 0 Å². The first-order chi connectivity index (χ1) is 9.45. The molecular formula is C16H26N2OS. The molecule has 0 aliphatic rings. The molecule has 0 bridgehead atoms. The molecule has 3 nitrogen and oxygen atoms in total. The number of nitrogens with two attached hydrogens (primary N) is 1. The number of hydrogen-bond donors (Lipinski definition) is 1. The van der Waals surface area contributed by atoms with Crippen molar-refractivity contribution in [1.29, 1.82) is 0 Å². The summed E-state index contributed by atoms with van der Waals surface area (Å²) in [6.45, 7) is 8.24. The third-order valence-corrected chi connectivity index (χ3v) is 3.54. The van der Waals surface area contributed by atoms with Crippen LogP contribution < -0.4 is 10.5 Å².